The van der Waals surface area contributed by atoms with Gasteiger partial charge in [-0.1, -0.05) is 23.7 Å². The average molecular weight is 504 g/mol. The number of hydrogen-bond donors (Lipinski definition) is 1. The van der Waals surface area contributed by atoms with Crippen LogP contribution in [-0.4, -0.2) is 11.1 Å². The Kier molecular flexibility index (Phi) is 5.89. The highest BCUT2D eigenvalue weighted by atomic mass is 79.9. The van der Waals surface area contributed by atoms with Gasteiger partial charge in [-0.05, 0) is 85.1 Å². The van der Waals surface area contributed by atoms with Gasteiger partial charge in [0.2, 0.25) is 0 Å². The van der Waals surface area contributed by atoms with Crippen LogP contribution < -0.4 is 10.1 Å². The zero-order valence-electron chi connectivity index (χ0n) is 12.5. The van der Waals surface area contributed by atoms with Crippen molar-refractivity contribution < 1.29 is 14.3 Å². The minimum Gasteiger partial charge on any atom is -0.487 e. The molecule has 128 valence electrons. The molecule has 0 spiro atoms. The summed E-state index contributed by atoms with van der Waals surface area (Å²) in [6, 6.07) is 11.1. The van der Waals surface area contributed by atoms with Gasteiger partial charge in [0.1, 0.15) is 12.4 Å². The summed E-state index contributed by atoms with van der Waals surface area (Å²) in [4.78, 5) is 23.2. The Labute approximate surface area is 170 Å². The minimum atomic E-state index is -0.384. The van der Waals surface area contributed by atoms with Gasteiger partial charge in [-0.15, -0.1) is 0 Å². The van der Waals surface area contributed by atoms with E-state index >= 15 is 0 Å². The van der Waals surface area contributed by atoms with Crippen LogP contribution in [0.15, 0.2) is 50.2 Å². The second kappa shape index (κ2) is 7.95. The lowest BCUT2D eigenvalue weighted by atomic mass is 10.2. The predicted octanol–water partition coefficient (Wildman–Crippen LogP) is 5.77. The number of nitrogens with one attached hydrogen (secondary N) is 1. The third-order valence-corrected chi connectivity index (χ3v) is 5.50. The van der Waals surface area contributed by atoms with Gasteiger partial charge >= 0.3 is 0 Å². The second-order valence-electron chi connectivity index (χ2n) is 5.08. The molecule has 25 heavy (non-hydrogen) atoms. The molecule has 1 N–H and O–H groups in total. The largest absolute Gasteiger partial charge is 0.487 e. The predicted molar refractivity (Wildman–Crippen MR) is 107 cm³/mol. The first-order chi connectivity index (χ1) is 11.9. The van der Waals surface area contributed by atoms with E-state index in [0.29, 0.717) is 22.3 Å². The fourth-order valence-corrected chi connectivity index (χ4v) is 4.37. The van der Waals surface area contributed by atoms with Gasteiger partial charge in [-0.25, -0.2) is 0 Å². The molecule has 0 aliphatic carbocycles. The number of halogens is 3. The number of imide groups is 1. The van der Waals surface area contributed by atoms with Gasteiger partial charge in [0.25, 0.3) is 11.1 Å². The lowest BCUT2D eigenvalue weighted by Gasteiger charge is -2.11. The molecule has 2 amide bonds. The first-order valence-electron chi connectivity index (χ1n) is 7.03. The van der Waals surface area contributed by atoms with E-state index in [0.717, 1.165) is 31.8 Å². The number of carbonyl (C=O) groups excluding carboxylic acids is 2. The first kappa shape index (κ1) is 18.5. The van der Waals surface area contributed by atoms with Crippen molar-refractivity contribution in [3.63, 3.8) is 0 Å². The van der Waals surface area contributed by atoms with Crippen molar-refractivity contribution in [2.24, 2.45) is 0 Å². The number of benzene rings is 2. The van der Waals surface area contributed by atoms with E-state index in [1.807, 2.05) is 36.4 Å². The summed E-state index contributed by atoms with van der Waals surface area (Å²) in [5.74, 6) is 0.266. The molecule has 2 aromatic carbocycles. The van der Waals surface area contributed by atoms with E-state index in [-0.39, 0.29) is 11.1 Å². The van der Waals surface area contributed by atoms with Gasteiger partial charge in [0.05, 0.1) is 13.9 Å². The van der Waals surface area contributed by atoms with Crippen LogP contribution in [0.1, 0.15) is 11.1 Å². The molecule has 1 aliphatic rings. The van der Waals surface area contributed by atoms with E-state index in [1.165, 1.54) is 0 Å². The van der Waals surface area contributed by atoms with E-state index in [2.05, 4.69) is 37.2 Å². The molecule has 1 fully saturated rings. The normalized spacial score (nSPS) is 15.6. The van der Waals surface area contributed by atoms with Gasteiger partial charge in [0, 0.05) is 5.02 Å². The SMILES string of the molecule is O=C1NC(=O)/C(=C/c2cc(Br)c(OCc3ccc(Cl)cc3)c(Br)c2)S1. The Morgan fingerprint density at radius 3 is 2.32 bits per heavy atom. The van der Waals surface area contributed by atoms with E-state index in [9.17, 15) is 9.59 Å². The summed E-state index contributed by atoms with van der Waals surface area (Å²) < 4.78 is 7.33. The summed E-state index contributed by atoms with van der Waals surface area (Å²) in [7, 11) is 0. The highest BCUT2D eigenvalue weighted by molar-refractivity contribution is 9.11. The monoisotopic (exact) mass is 501 g/mol. The quantitative estimate of drug-likeness (QED) is 0.539. The van der Waals surface area contributed by atoms with Crippen LogP contribution in [0.2, 0.25) is 5.02 Å². The summed E-state index contributed by atoms with van der Waals surface area (Å²) in [5.41, 5.74) is 1.76. The smallest absolute Gasteiger partial charge is 0.290 e. The Morgan fingerprint density at radius 1 is 1.12 bits per heavy atom. The van der Waals surface area contributed by atoms with Gasteiger partial charge in [0.15, 0.2) is 0 Å². The number of amides is 2. The molecule has 4 nitrogen and oxygen atoms in total. The van der Waals surface area contributed by atoms with Crippen molar-refractivity contribution in [2.75, 3.05) is 0 Å². The van der Waals surface area contributed by atoms with Gasteiger partial charge in [-0.2, -0.15) is 0 Å². The van der Waals surface area contributed by atoms with Crippen molar-refractivity contribution in [3.8, 4) is 5.75 Å². The fraction of sp³-hybridized carbons (Fsp3) is 0.0588. The Morgan fingerprint density at radius 2 is 1.76 bits per heavy atom. The van der Waals surface area contributed by atoms with E-state index < -0.39 is 0 Å². The molecular formula is C17H10Br2ClNO3S. The zero-order valence-corrected chi connectivity index (χ0v) is 17.3. The number of rotatable bonds is 4. The maximum atomic E-state index is 11.6. The average Bonchev–Trinajstić information content (AvgIpc) is 2.86. The van der Waals surface area contributed by atoms with Crippen molar-refractivity contribution in [1.82, 2.24) is 5.32 Å². The molecule has 1 heterocycles. The molecule has 0 unspecified atom stereocenters. The third-order valence-electron chi connectivity index (χ3n) is 3.26. The molecule has 8 heteroatoms. The molecule has 2 aromatic rings. The molecule has 3 rings (SSSR count). The van der Waals surface area contributed by atoms with Crippen molar-refractivity contribution in [2.45, 2.75) is 6.61 Å². The minimum absolute atomic E-state index is 0.360. The number of carbonyl (C=O) groups is 2. The molecule has 1 saturated heterocycles. The van der Waals surface area contributed by atoms with Crippen LogP contribution in [0.3, 0.4) is 0 Å². The number of ether oxygens (including phenoxy) is 1. The van der Waals surface area contributed by atoms with Crippen LogP contribution >= 0.6 is 55.2 Å². The van der Waals surface area contributed by atoms with Crippen LogP contribution in [0.5, 0.6) is 5.75 Å². The summed E-state index contributed by atoms with van der Waals surface area (Å²) in [6.07, 6.45) is 1.66. The van der Waals surface area contributed by atoms with Crippen LogP contribution in [-0.2, 0) is 11.4 Å². The molecule has 0 saturated carbocycles. The maximum absolute atomic E-state index is 11.6. The maximum Gasteiger partial charge on any atom is 0.290 e. The Bertz CT molecular complexity index is 861. The molecule has 0 bridgehead atoms. The molecular weight excluding hydrogens is 494 g/mol. The Hall–Kier alpha value is -1.28. The molecule has 0 aromatic heterocycles. The van der Waals surface area contributed by atoms with Crippen molar-refractivity contribution in [1.29, 1.82) is 0 Å². The summed E-state index contributed by atoms with van der Waals surface area (Å²) in [5, 5.41) is 2.54. The molecule has 0 atom stereocenters. The Balaban J connectivity index is 1.78. The number of thioether (sulfide) groups is 1. The van der Waals surface area contributed by atoms with Gasteiger partial charge in [-0.3, -0.25) is 14.9 Å². The van der Waals surface area contributed by atoms with Crippen LogP contribution in [0, 0.1) is 0 Å². The third kappa shape index (κ3) is 4.67. The number of hydrogen-bond acceptors (Lipinski definition) is 4. The topological polar surface area (TPSA) is 55.4 Å². The summed E-state index contributed by atoms with van der Waals surface area (Å²) in [6.45, 7) is 0.390. The lowest BCUT2D eigenvalue weighted by molar-refractivity contribution is -0.115. The fourth-order valence-electron chi connectivity index (χ4n) is 2.11. The standard InChI is InChI=1S/C17H10Br2ClNO3S/c18-12-5-10(7-14-16(22)21-17(23)25-14)6-13(19)15(12)24-8-9-1-3-11(20)4-2-9/h1-7H,8H2,(H,21,22,23)/b14-7-. The van der Waals surface area contributed by atoms with Crippen molar-refractivity contribution in [3.05, 3.63) is 66.4 Å². The van der Waals surface area contributed by atoms with Crippen LogP contribution in [0.4, 0.5) is 4.79 Å². The van der Waals surface area contributed by atoms with Crippen LogP contribution in [0.25, 0.3) is 6.08 Å². The van der Waals surface area contributed by atoms with Crippen molar-refractivity contribution >= 4 is 72.4 Å². The van der Waals surface area contributed by atoms with Gasteiger partial charge < -0.3 is 4.74 Å². The van der Waals surface area contributed by atoms with E-state index in [4.69, 9.17) is 16.3 Å². The van der Waals surface area contributed by atoms with E-state index in [1.54, 1.807) is 6.08 Å². The molecule has 0 radical (unpaired) electrons. The zero-order chi connectivity index (χ0) is 18.0. The summed E-state index contributed by atoms with van der Waals surface area (Å²) >= 11 is 13.7. The lowest BCUT2D eigenvalue weighted by Crippen LogP contribution is -2.17. The first-order valence-corrected chi connectivity index (χ1v) is 9.81. The highest BCUT2D eigenvalue weighted by Gasteiger charge is 2.25. The second-order valence-corrected chi connectivity index (χ2v) is 8.24. The molecule has 1 aliphatic heterocycles. The highest BCUT2D eigenvalue weighted by Crippen LogP contribution is 2.37.